The summed E-state index contributed by atoms with van der Waals surface area (Å²) in [4.78, 5) is 0. The molecule has 1 aromatic rings. The van der Waals surface area contributed by atoms with Crippen LogP contribution in [0.1, 0.15) is 11.1 Å². The molecule has 0 heterocycles. The summed E-state index contributed by atoms with van der Waals surface area (Å²) >= 11 is 4.52. The van der Waals surface area contributed by atoms with Crippen molar-refractivity contribution in [2.75, 3.05) is 0 Å². The first-order chi connectivity index (χ1) is 6.72. The van der Waals surface area contributed by atoms with Crippen LogP contribution in [0.15, 0.2) is 43.0 Å². The predicted octanol–water partition coefficient (Wildman–Crippen LogP) is 3.31. The van der Waals surface area contributed by atoms with Gasteiger partial charge < -0.3 is 5.11 Å². The van der Waals surface area contributed by atoms with Crippen LogP contribution in [0.25, 0.3) is 6.08 Å². The van der Waals surface area contributed by atoms with Gasteiger partial charge in [0, 0.05) is 0 Å². The Morgan fingerprint density at radius 3 is 2.50 bits per heavy atom. The molecule has 0 saturated heterocycles. The van der Waals surface area contributed by atoms with Gasteiger partial charge in [-0.3, -0.25) is 0 Å². The Bertz CT molecular complexity index is 349. The minimum atomic E-state index is -0.0971. The number of hydrogen-bond acceptors (Lipinski definition) is 1. The summed E-state index contributed by atoms with van der Waals surface area (Å²) in [6, 6.07) is 8.02. The van der Waals surface area contributed by atoms with Gasteiger partial charge in [0.25, 0.3) is 0 Å². The van der Waals surface area contributed by atoms with E-state index in [9.17, 15) is 0 Å². The Morgan fingerprint density at radius 1 is 1.36 bits per heavy atom. The summed E-state index contributed by atoms with van der Waals surface area (Å²) in [6.07, 6.45) is 6.02. The molecule has 0 aromatic heterocycles. The second-order valence-electron chi connectivity index (χ2n) is 2.91. The van der Waals surface area contributed by atoms with Crippen molar-refractivity contribution in [1.29, 1.82) is 0 Å². The van der Waals surface area contributed by atoms with E-state index in [2.05, 4.69) is 18.8 Å². The maximum Gasteiger partial charge on any atom is 0.181 e. The molecule has 2 heteroatoms. The van der Waals surface area contributed by atoms with E-state index >= 15 is 0 Å². The Morgan fingerprint density at radius 2 is 2.00 bits per heavy atom. The Balaban J connectivity index is 2.73. The van der Waals surface area contributed by atoms with Crippen molar-refractivity contribution in [3.8, 4) is 0 Å². The molecule has 72 valence electrons. The molecule has 1 rings (SSSR count). The molecule has 0 fully saturated rings. The highest BCUT2D eigenvalue weighted by Gasteiger charge is 1.90. The molecule has 1 nitrogen and oxygen atoms in total. The smallest absolute Gasteiger partial charge is 0.181 e. The molecule has 0 spiro atoms. The first-order valence-corrected chi connectivity index (χ1v) is 4.74. The van der Waals surface area contributed by atoms with Crippen molar-refractivity contribution in [3.05, 3.63) is 54.1 Å². The van der Waals surface area contributed by atoms with Crippen LogP contribution in [0.5, 0.6) is 0 Å². The van der Waals surface area contributed by atoms with Crippen molar-refractivity contribution in [2.45, 2.75) is 6.42 Å². The highest BCUT2D eigenvalue weighted by Crippen LogP contribution is 2.07. The lowest BCUT2D eigenvalue weighted by Gasteiger charge is -1.97. The van der Waals surface area contributed by atoms with Gasteiger partial charge in [-0.2, -0.15) is 0 Å². The molecule has 0 amide bonds. The minimum Gasteiger partial charge on any atom is -0.499 e. The van der Waals surface area contributed by atoms with Gasteiger partial charge in [0.15, 0.2) is 5.05 Å². The largest absolute Gasteiger partial charge is 0.499 e. The molecular weight excluding hydrogens is 192 g/mol. The van der Waals surface area contributed by atoms with Gasteiger partial charge in [0.2, 0.25) is 0 Å². The molecule has 0 bridgehead atoms. The fourth-order valence-corrected chi connectivity index (χ4v) is 1.17. The average Bonchev–Trinajstić information content (AvgIpc) is 2.17. The lowest BCUT2D eigenvalue weighted by molar-refractivity contribution is 0.574. The molecule has 0 aliphatic rings. The van der Waals surface area contributed by atoms with Crippen LogP contribution in [-0.4, -0.2) is 10.2 Å². The second kappa shape index (κ2) is 5.35. The van der Waals surface area contributed by atoms with Crippen LogP contribution >= 0.6 is 12.2 Å². The fourth-order valence-electron chi connectivity index (χ4n) is 1.10. The lowest BCUT2D eigenvalue weighted by atomic mass is 10.1. The third-order valence-corrected chi connectivity index (χ3v) is 1.91. The van der Waals surface area contributed by atoms with Crippen molar-refractivity contribution in [3.63, 3.8) is 0 Å². The van der Waals surface area contributed by atoms with E-state index in [4.69, 9.17) is 5.11 Å². The fraction of sp³-hybridized carbons (Fsp3) is 0.0833. The van der Waals surface area contributed by atoms with Gasteiger partial charge in [-0.1, -0.05) is 36.4 Å². The van der Waals surface area contributed by atoms with E-state index < -0.39 is 0 Å². The molecule has 0 saturated carbocycles. The molecule has 0 atom stereocenters. The van der Waals surface area contributed by atoms with Crippen LogP contribution in [-0.2, 0) is 6.42 Å². The van der Waals surface area contributed by atoms with Gasteiger partial charge in [0.05, 0.1) is 0 Å². The molecule has 0 unspecified atom stereocenters. The summed E-state index contributed by atoms with van der Waals surface area (Å²) in [5.41, 5.74) is 2.25. The Kier molecular flexibility index (Phi) is 4.08. The highest BCUT2D eigenvalue weighted by molar-refractivity contribution is 7.80. The number of aliphatic hydroxyl groups excluding tert-OH is 1. The number of benzene rings is 1. The quantitative estimate of drug-likeness (QED) is 0.461. The van der Waals surface area contributed by atoms with E-state index in [1.807, 2.05) is 30.3 Å². The zero-order valence-electron chi connectivity index (χ0n) is 7.81. The normalized spacial score (nSPS) is 10.3. The first kappa shape index (κ1) is 10.7. The third-order valence-electron chi connectivity index (χ3n) is 1.78. The highest BCUT2D eigenvalue weighted by atomic mass is 32.1. The van der Waals surface area contributed by atoms with Crippen LogP contribution < -0.4 is 0 Å². The van der Waals surface area contributed by atoms with E-state index in [1.165, 1.54) is 11.6 Å². The number of rotatable bonds is 4. The zero-order chi connectivity index (χ0) is 10.4. The topological polar surface area (TPSA) is 20.2 Å². The summed E-state index contributed by atoms with van der Waals surface area (Å²) in [7, 11) is 0. The zero-order valence-corrected chi connectivity index (χ0v) is 8.63. The van der Waals surface area contributed by atoms with Gasteiger partial charge in [-0.25, -0.2) is 0 Å². The number of allylic oxidation sites excluding steroid dienone is 1. The Labute approximate surface area is 89.4 Å². The predicted molar refractivity (Wildman–Crippen MR) is 64.6 cm³/mol. The first-order valence-electron chi connectivity index (χ1n) is 4.33. The van der Waals surface area contributed by atoms with Crippen molar-refractivity contribution in [1.82, 2.24) is 0 Å². The maximum absolute atomic E-state index is 8.78. The molecule has 0 aliphatic heterocycles. The van der Waals surface area contributed by atoms with Crippen molar-refractivity contribution >= 4 is 23.3 Å². The van der Waals surface area contributed by atoms with E-state index in [0.717, 1.165) is 12.0 Å². The van der Waals surface area contributed by atoms with Crippen LogP contribution in [0.2, 0.25) is 0 Å². The summed E-state index contributed by atoms with van der Waals surface area (Å²) in [5.74, 6) is 0. The molecule has 1 aromatic carbocycles. The van der Waals surface area contributed by atoms with Crippen molar-refractivity contribution < 1.29 is 5.11 Å². The van der Waals surface area contributed by atoms with Crippen molar-refractivity contribution in [2.24, 2.45) is 0 Å². The van der Waals surface area contributed by atoms with Crippen LogP contribution in [0.3, 0.4) is 0 Å². The van der Waals surface area contributed by atoms with Gasteiger partial charge >= 0.3 is 0 Å². The molecule has 0 radical (unpaired) electrons. The average molecular weight is 204 g/mol. The van der Waals surface area contributed by atoms with E-state index in [1.54, 1.807) is 6.08 Å². The monoisotopic (exact) mass is 204 g/mol. The van der Waals surface area contributed by atoms with Gasteiger partial charge in [-0.05, 0) is 35.8 Å². The number of aliphatic hydroxyl groups is 1. The van der Waals surface area contributed by atoms with Crippen LogP contribution in [0.4, 0.5) is 0 Å². The van der Waals surface area contributed by atoms with Crippen LogP contribution in [0, 0.1) is 0 Å². The molecular formula is C12H12OS. The summed E-state index contributed by atoms with van der Waals surface area (Å²) in [5, 5.41) is 8.69. The summed E-state index contributed by atoms with van der Waals surface area (Å²) in [6.45, 7) is 3.67. The SMILES string of the molecule is C=CCc1ccc(C=CC(O)=S)cc1. The van der Waals surface area contributed by atoms with Gasteiger partial charge in [0.1, 0.15) is 0 Å². The molecule has 0 aliphatic carbocycles. The second-order valence-corrected chi connectivity index (χ2v) is 3.32. The van der Waals surface area contributed by atoms with E-state index in [-0.39, 0.29) is 5.05 Å². The molecule has 1 N–H and O–H groups in total. The maximum atomic E-state index is 8.78. The molecule has 14 heavy (non-hydrogen) atoms. The standard InChI is InChI=1S/C12H12OS/c1-2-3-10-4-6-11(7-5-10)8-9-12(13)14/h2,4-9H,1,3H2,(H,13,14). The van der Waals surface area contributed by atoms with E-state index in [0.29, 0.717) is 0 Å². The lowest BCUT2D eigenvalue weighted by Crippen LogP contribution is -1.83. The third kappa shape index (κ3) is 3.54. The van der Waals surface area contributed by atoms with Gasteiger partial charge in [-0.15, -0.1) is 6.58 Å². The Hall–Kier alpha value is -1.41. The summed E-state index contributed by atoms with van der Waals surface area (Å²) < 4.78 is 0. The minimum absolute atomic E-state index is 0.0971. The number of thiocarbonyl (C=S) groups is 1. The number of hydrogen-bond donors (Lipinski definition) is 1.